The molecule has 3 nitrogen and oxygen atoms in total. The third-order valence-electron chi connectivity index (χ3n) is 13.4. The molecule has 0 unspecified atom stereocenters. The van der Waals surface area contributed by atoms with Crippen LogP contribution >= 0.6 is 0 Å². The van der Waals surface area contributed by atoms with E-state index in [0.29, 0.717) is 0 Å². The molecule has 0 radical (unpaired) electrons. The fraction of sp³-hybridized carbons (Fsp3) is 0. The van der Waals surface area contributed by atoms with Gasteiger partial charge in [0.05, 0.1) is 11.0 Å². The zero-order valence-electron chi connectivity index (χ0n) is 36.6. The van der Waals surface area contributed by atoms with Crippen LogP contribution in [0.3, 0.4) is 0 Å². The van der Waals surface area contributed by atoms with Gasteiger partial charge in [0.25, 0.3) is 0 Å². The second-order valence-electron chi connectivity index (χ2n) is 17.3. The first-order valence-electron chi connectivity index (χ1n) is 22.9. The number of rotatable bonds is 8. The number of nitrogens with zero attached hydrogens (tertiary/aromatic N) is 2. The second-order valence-corrected chi connectivity index (χ2v) is 17.3. The second kappa shape index (κ2) is 16.0. The quantitative estimate of drug-likeness (QED) is 0.152. The molecule has 11 aromatic carbocycles. The van der Waals surface area contributed by atoms with Crippen molar-refractivity contribution >= 4 is 71.6 Å². The zero-order chi connectivity index (χ0) is 44.3. The first-order valence-corrected chi connectivity index (χ1v) is 22.9. The van der Waals surface area contributed by atoms with Crippen molar-refractivity contribution < 1.29 is 4.42 Å². The summed E-state index contributed by atoms with van der Waals surface area (Å²) in [6, 6.07) is 92.0. The summed E-state index contributed by atoms with van der Waals surface area (Å²) in [6.07, 6.45) is 0. The van der Waals surface area contributed by atoms with Gasteiger partial charge in [0.2, 0.25) is 0 Å². The third-order valence-corrected chi connectivity index (χ3v) is 13.4. The van der Waals surface area contributed by atoms with Gasteiger partial charge in [0.15, 0.2) is 0 Å². The van der Waals surface area contributed by atoms with E-state index in [1.54, 1.807) is 0 Å². The van der Waals surface area contributed by atoms with Gasteiger partial charge in [-0.25, -0.2) is 0 Å². The Morgan fingerprint density at radius 1 is 0.299 bits per heavy atom. The number of anilines is 3. The highest BCUT2D eigenvalue weighted by Crippen LogP contribution is 2.42. The van der Waals surface area contributed by atoms with E-state index in [2.05, 4.69) is 252 Å². The number of para-hydroxylation sites is 3. The molecule has 13 aromatic rings. The number of hydrogen-bond acceptors (Lipinski definition) is 2. The van der Waals surface area contributed by atoms with E-state index in [4.69, 9.17) is 4.42 Å². The Kier molecular flexibility index (Phi) is 9.17. The molecular weight excluding hydrogens is 813 g/mol. The van der Waals surface area contributed by atoms with Gasteiger partial charge in [-0.2, -0.15) is 0 Å². The van der Waals surface area contributed by atoms with Gasteiger partial charge in [-0.15, -0.1) is 0 Å². The van der Waals surface area contributed by atoms with E-state index >= 15 is 0 Å². The molecule has 0 N–H and O–H groups in total. The van der Waals surface area contributed by atoms with Crippen LogP contribution in [0.1, 0.15) is 0 Å². The molecule has 0 saturated carbocycles. The molecule has 0 aliphatic heterocycles. The van der Waals surface area contributed by atoms with Crippen molar-refractivity contribution in [3.8, 4) is 50.2 Å². The van der Waals surface area contributed by atoms with Crippen molar-refractivity contribution in [2.45, 2.75) is 0 Å². The monoisotopic (exact) mass is 854 g/mol. The minimum absolute atomic E-state index is 0.889. The normalized spacial score (nSPS) is 11.6. The Morgan fingerprint density at radius 3 is 1.54 bits per heavy atom. The molecule has 0 aliphatic carbocycles. The van der Waals surface area contributed by atoms with Gasteiger partial charge in [0, 0.05) is 44.3 Å². The maximum absolute atomic E-state index is 6.32. The minimum Gasteiger partial charge on any atom is -0.456 e. The van der Waals surface area contributed by atoms with Gasteiger partial charge in [-0.05, 0) is 134 Å². The van der Waals surface area contributed by atoms with E-state index in [-0.39, 0.29) is 0 Å². The standard InChI is InChI=1S/C64H42N2O/c1-2-14-47-39-50(34-33-43(47)13-1)49-16-10-18-53(41-49)65(54-19-11-17-51(42-54)56-24-12-28-63-64(56)59-23-5-8-27-62(59)67-63)52-37-35-45(36-38-52)44-29-31-46(32-30-44)48-15-9-20-55(40-48)66-60-25-6-3-21-57(60)58-22-4-7-26-61(58)66/h1-42H. The molecule has 67 heavy (non-hydrogen) atoms. The molecule has 13 rings (SSSR count). The lowest BCUT2D eigenvalue weighted by Gasteiger charge is -2.27. The number of fused-ring (bicyclic) bond motifs is 7. The molecule has 0 spiro atoms. The highest BCUT2D eigenvalue weighted by Gasteiger charge is 2.18. The predicted molar refractivity (Wildman–Crippen MR) is 282 cm³/mol. The van der Waals surface area contributed by atoms with E-state index in [1.807, 2.05) is 12.1 Å². The summed E-state index contributed by atoms with van der Waals surface area (Å²) >= 11 is 0. The maximum Gasteiger partial charge on any atom is 0.136 e. The van der Waals surface area contributed by atoms with Crippen LogP contribution in [-0.4, -0.2) is 4.57 Å². The third kappa shape index (κ3) is 6.76. The van der Waals surface area contributed by atoms with Crippen LogP contribution in [0.25, 0.3) is 105 Å². The molecule has 314 valence electrons. The summed E-state index contributed by atoms with van der Waals surface area (Å²) in [5.41, 5.74) is 17.9. The highest BCUT2D eigenvalue weighted by molar-refractivity contribution is 6.13. The molecule has 0 aliphatic rings. The Hall–Kier alpha value is -8.92. The number of furan rings is 1. The highest BCUT2D eigenvalue weighted by atomic mass is 16.3. The molecule has 0 fully saturated rings. The van der Waals surface area contributed by atoms with Crippen molar-refractivity contribution in [3.05, 3.63) is 255 Å². The van der Waals surface area contributed by atoms with Gasteiger partial charge < -0.3 is 13.9 Å². The molecule has 3 heteroatoms. The summed E-state index contributed by atoms with van der Waals surface area (Å²) < 4.78 is 8.70. The summed E-state index contributed by atoms with van der Waals surface area (Å²) in [5, 5.41) is 7.25. The smallest absolute Gasteiger partial charge is 0.136 e. The van der Waals surface area contributed by atoms with Gasteiger partial charge in [-0.1, -0.05) is 176 Å². The molecule has 0 bridgehead atoms. The van der Waals surface area contributed by atoms with E-state index in [1.165, 1.54) is 54.8 Å². The van der Waals surface area contributed by atoms with E-state index in [0.717, 1.165) is 66.9 Å². The van der Waals surface area contributed by atoms with E-state index < -0.39 is 0 Å². The maximum atomic E-state index is 6.32. The average molecular weight is 855 g/mol. The van der Waals surface area contributed by atoms with Gasteiger partial charge in [-0.3, -0.25) is 0 Å². The number of hydrogen-bond donors (Lipinski definition) is 0. The van der Waals surface area contributed by atoms with Crippen LogP contribution in [0.2, 0.25) is 0 Å². The zero-order valence-corrected chi connectivity index (χ0v) is 36.6. The van der Waals surface area contributed by atoms with E-state index in [9.17, 15) is 0 Å². The molecule has 0 saturated heterocycles. The summed E-state index contributed by atoms with van der Waals surface area (Å²) in [4.78, 5) is 2.37. The Morgan fingerprint density at radius 2 is 0.806 bits per heavy atom. The first kappa shape index (κ1) is 38.5. The number of aromatic nitrogens is 1. The Balaban J connectivity index is 0.866. The van der Waals surface area contributed by atoms with Crippen LogP contribution < -0.4 is 4.90 Å². The SMILES string of the molecule is c1cc(-c2ccc3ccccc3c2)cc(N(c2ccc(-c3ccc(-c4cccc(-n5c6ccccc6c6ccccc65)c4)cc3)cc2)c2cccc(-c3cccc4oc5ccccc5c34)c2)c1. The van der Waals surface area contributed by atoms with Crippen LogP contribution in [0, 0.1) is 0 Å². The van der Waals surface area contributed by atoms with Crippen molar-refractivity contribution in [1.82, 2.24) is 4.57 Å². The van der Waals surface area contributed by atoms with Gasteiger partial charge in [0.1, 0.15) is 11.2 Å². The van der Waals surface area contributed by atoms with Crippen molar-refractivity contribution in [2.75, 3.05) is 4.90 Å². The molecule has 0 atom stereocenters. The summed E-state index contributed by atoms with van der Waals surface area (Å²) in [5.74, 6) is 0. The first-order chi connectivity index (χ1) is 33.2. The fourth-order valence-electron chi connectivity index (χ4n) is 10.2. The van der Waals surface area contributed by atoms with Crippen molar-refractivity contribution in [1.29, 1.82) is 0 Å². The van der Waals surface area contributed by atoms with Crippen LogP contribution in [0.4, 0.5) is 17.1 Å². The summed E-state index contributed by atoms with van der Waals surface area (Å²) in [7, 11) is 0. The Labute approximate surface area is 388 Å². The van der Waals surface area contributed by atoms with Crippen LogP contribution in [0.5, 0.6) is 0 Å². The fourth-order valence-corrected chi connectivity index (χ4v) is 10.2. The lowest BCUT2D eigenvalue weighted by molar-refractivity contribution is 0.669. The topological polar surface area (TPSA) is 21.3 Å². The lowest BCUT2D eigenvalue weighted by Crippen LogP contribution is -2.10. The average Bonchev–Trinajstić information content (AvgIpc) is 3.95. The van der Waals surface area contributed by atoms with Crippen LogP contribution in [-0.2, 0) is 0 Å². The largest absolute Gasteiger partial charge is 0.456 e. The lowest BCUT2D eigenvalue weighted by atomic mass is 9.98. The molecule has 2 aromatic heterocycles. The molecule has 0 amide bonds. The van der Waals surface area contributed by atoms with Crippen molar-refractivity contribution in [2.24, 2.45) is 0 Å². The van der Waals surface area contributed by atoms with Gasteiger partial charge >= 0.3 is 0 Å². The number of benzene rings is 11. The molecule has 2 heterocycles. The summed E-state index contributed by atoms with van der Waals surface area (Å²) in [6.45, 7) is 0. The van der Waals surface area contributed by atoms with Crippen molar-refractivity contribution in [3.63, 3.8) is 0 Å². The Bertz CT molecular complexity index is 3930. The molecular formula is C64H42N2O. The van der Waals surface area contributed by atoms with Crippen LogP contribution in [0.15, 0.2) is 259 Å². The predicted octanol–water partition coefficient (Wildman–Crippen LogP) is 18.0. The minimum atomic E-state index is 0.889.